The van der Waals surface area contributed by atoms with E-state index >= 15 is 0 Å². The molecule has 1 rings (SSSR count). The second-order valence-corrected chi connectivity index (χ2v) is 3.48. The van der Waals surface area contributed by atoms with Gasteiger partial charge in [0.15, 0.2) is 0 Å². The van der Waals surface area contributed by atoms with Gasteiger partial charge in [-0.2, -0.15) is 0 Å². The highest BCUT2D eigenvalue weighted by Crippen LogP contribution is 2.28. The van der Waals surface area contributed by atoms with Crippen LogP contribution in [0.15, 0.2) is 6.33 Å². The van der Waals surface area contributed by atoms with Crippen molar-refractivity contribution in [3.05, 3.63) is 16.4 Å². The fourth-order valence-electron chi connectivity index (χ4n) is 1.40. The molecule has 0 fully saturated rings. The molecule has 0 saturated heterocycles. The summed E-state index contributed by atoms with van der Waals surface area (Å²) in [5.74, 6) is 0.453. The first-order valence-electron chi connectivity index (χ1n) is 5.66. The number of nitro groups is 1. The van der Waals surface area contributed by atoms with Crippen molar-refractivity contribution in [3.8, 4) is 0 Å². The van der Waals surface area contributed by atoms with Crippen LogP contribution in [0.4, 0.5) is 17.3 Å². The van der Waals surface area contributed by atoms with Crippen molar-refractivity contribution in [2.45, 2.75) is 13.3 Å². The molecule has 18 heavy (non-hydrogen) atoms. The summed E-state index contributed by atoms with van der Waals surface area (Å²) < 4.78 is 4.90. The molecule has 8 nitrogen and oxygen atoms in total. The fraction of sp³-hybridized carbons (Fsp3) is 0.600. The molecule has 1 aromatic rings. The van der Waals surface area contributed by atoms with Crippen LogP contribution >= 0.6 is 0 Å². The lowest BCUT2D eigenvalue weighted by Gasteiger charge is -2.08. The highest BCUT2D eigenvalue weighted by atomic mass is 16.6. The van der Waals surface area contributed by atoms with E-state index < -0.39 is 4.92 Å². The molecule has 0 aliphatic heterocycles. The van der Waals surface area contributed by atoms with Crippen molar-refractivity contribution < 1.29 is 9.66 Å². The van der Waals surface area contributed by atoms with Crippen LogP contribution in [0.25, 0.3) is 0 Å². The molecule has 8 heteroatoms. The molecular weight excluding hydrogens is 238 g/mol. The molecule has 0 aromatic carbocycles. The van der Waals surface area contributed by atoms with E-state index in [1.165, 1.54) is 6.33 Å². The van der Waals surface area contributed by atoms with Crippen LogP contribution in [0, 0.1) is 10.1 Å². The van der Waals surface area contributed by atoms with Gasteiger partial charge in [-0.15, -0.1) is 0 Å². The summed E-state index contributed by atoms with van der Waals surface area (Å²) in [6, 6.07) is 0. The van der Waals surface area contributed by atoms with Crippen LogP contribution in [0.5, 0.6) is 0 Å². The number of hydrogen-bond acceptors (Lipinski definition) is 7. The molecule has 0 atom stereocenters. The molecule has 0 aliphatic carbocycles. The minimum absolute atomic E-state index is 0.128. The summed E-state index contributed by atoms with van der Waals surface area (Å²) in [6.07, 6.45) is 2.04. The Morgan fingerprint density at radius 1 is 1.39 bits per heavy atom. The largest absolute Gasteiger partial charge is 0.385 e. The topological polar surface area (TPSA) is 102 Å². The van der Waals surface area contributed by atoms with E-state index in [-0.39, 0.29) is 17.3 Å². The average molecular weight is 255 g/mol. The van der Waals surface area contributed by atoms with Gasteiger partial charge in [-0.1, -0.05) is 0 Å². The SMILES string of the molecule is CCNc1ncnc(NCCCOC)c1[N+](=O)[O-]. The third-order valence-corrected chi connectivity index (χ3v) is 2.17. The maximum Gasteiger partial charge on any atom is 0.353 e. The summed E-state index contributed by atoms with van der Waals surface area (Å²) in [5.41, 5.74) is -0.128. The summed E-state index contributed by atoms with van der Waals surface area (Å²) in [5, 5.41) is 16.8. The standard InChI is InChI=1S/C10H17N5O3/c1-3-11-9-8(15(16)17)10(14-7-13-9)12-5-4-6-18-2/h7H,3-6H2,1-2H3,(H2,11,12,13,14). The van der Waals surface area contributed by atoms with Crippen molar-refractivity contribution in [2.24, 2.45) is 0 Å². The monoisotopic (exact) mass is 255 g/mol. The Morgan fingerprint density at radius 2 is 2.06 bits per heavy atom. The van der Waals surface area contributed by atoms with Crippen LogP contribution < -0.4 is 10.6 Å². The van der Waals surface area contributed by atoms with E-state index in [0.29, 0.717) is 19.7 Å². The second kappa shape index (κ2) is 7.38. The Hall–Kier alpha value is -1.96. The van der Waals surface area contributed by atoms with Gasteiger partial charge in [0.05, 0.1) is 4.92 Å². The summed E-state index contributed by atoms with van der Waals surface area (Å²) >= 11 is 0. The Morgan fingerprint density at radius 3 is 2.61 bits per heavy atom. The predicted octanol–water partition coefficient (Wildman–Crippen LogP) is 1.27. The number of ether oxygens (including phenoxy) is 1. The van der Waals surface area contributed by atoms with E-state index in [9.17, 15) is 10.1 Å². The van der Waals surface area contributed by atoms with Gasteiger partial charge >= 0.3 is 5.69 Å². The van der Waals surface area contributed by atoms with E-state index in [1.54, 1.807) is 7.11 Å². The fourth-order valence-corrected chi connectivity index (χ4v) is 1.40. The number of hydrogen-bond donors (Lipinski definition) is 2. The molecule has 100 valence electrons. The molecular formula is C10H17N5O3. The van der Waals surface area contributed by atoms with Crippen molar-refractivity contribution in [1.82, 2.24) is 9.97 Å². The Labute approximate surface area is 105 Å². The van der Waals surface area contributed by atoms with Gasteiger partial charge in [0.25, 0.3) is 0 Å². The average Bonchev–Trinajstić information content (AvgIpc) is 2.35. The molecule has 1 heterocycles. The van der Waals surface area contributed by atoms with E-state index in [4.69, 9.17) is 4.74 Å². The van der Waals surface area contributed by atoms with Gasteiger partial charge in [0, 0.05) is 26.8 Å². The predicted molar refractivity (Wildman–Crippen MR) is 67.8 cm³/mol. The van der Waals surface area contributed by atoms with Gasteiger partial charge in [-0.05, 0) is 13.3 Å². The Kier molecular flexibility index (Phi) is 5.78. The van der Waals surface area contributed by atoms with Crippen molar-refractivity contribution in [2.75, 3.05) is 37.4 Å². The first-order chi connectivity index (χ1) is 8.70. The van der Waals surface area contributed by atoms with Crippen molar-refractivity contribution in [1.29, 1.82) is 0 Å². The van der Waals surface area contributed by atoms with Crippen LogP contribution in [-0.4, -0.2) is 41.7 Å². The zero-order valence-corrected chi connectivity index (χ0v) is 10.5. The van der Waals surface area contributed by atoms with Gasteiger partial charge < -0.3 is 15.4 Å². The molecule has 2 N–H and O–H groups in total. The molecule has 0 radical (unpaired) electrons. The number of methoxy groups -OCH3 is 1. The highest BCUT2D eigenvalue weighted by Gasteiger charge is 2.21. The van der Waals surface area contributed by atoms with Gasteiger partial charge in [0.2, 0.25) is 11.6 Å². The lowest BCUT2D eigenvalue weighted by atomic mass is 10.4. The summed E-state index contributed by atoms with van der Waals surface area (Å²) in [6.45, 7) is 3.54. The Balaban J connectivity index is 2.82. The molecule has 1 aromatic heterocycles. The molecule has 0 aliphatic rings. The minimum Gasteiger partial charge on any atom is -0.385 e. The quantitative estimate of drug-likeness (QED) is 0.409. The number of aromatic nitrogens is 2. The van der Waals surface area contributed by atoms with Crippen LogP contribution in [0.1, 0.15) is 13.3 Å². The molecule has 0 spiro atoms. The zero-order chi connectivity index (χ0) is 13.4. The highest BCUT2D eigenvalue weighted by molar-refractivity contribution is 5.69. The van der Waals surface area contributed by atoms with Crippen LogP contribution in [-0.2, 0) is 4.74 Å². The van der Waals surface area contributed by atoms with E-state index in [2.05, 4.69) is 20.6 Å². The molecule has 0 bridgehead atoms. The van der Waals surface area contributed by atoms with E-state index in [1.807, 2.05) is 6.92 Å². The molecule has 0 unspecified atom stereocenters. The van der Waals surface area contributed by atoms with Gasteiger partial charge in [-0.3, -0.25) is 10.1 Å². The van der Waals surface area contributed by atoms with Crippen molar-refractivity contribution >= 4 is 17.3 Å². The number of nitrogens with zero attached hydrogens (tertiary/aromatic N) is 3. The Bertz CT molecular complexity index is 399. The number of rotatable bonds is 8. The second-order valence-electron chi connectivity index (χ2n) is 3.48. The van der Waals surface area contributed by atoms with Gasteiger partial charge in [0.1, 0.15) is 6.33 Å². The lowest BCUT2D eigenvalue weighted by Crippen LogP contribution is -2.11. The van der Waals surface area contributed by atoms with Gasteiger partial charge in [-0.25, -0.2) is 9.97 Å². The third kappa shape index (κ3) is 3.81. The normalized spacial score (nSPS) is 10.1. The number of anilines is 2. The maximum atomic E-state index is 11.0. The lowest BCUT2D eigenvalue weighted by molar-refractivity contribution is -0.383. The first-order valence-corrected chi connectivity index (χ1v) is 5.66. The third-order valence-electron chi connectivity index (χ3n) is 2.17. The van der Waals surface area contributed by atoms with Crippen LogP contribution in [0.3, 0.4) is 0 Å². The molecule has 0 amide bonds. The number of nitrogens with one attached hydrogen (secondary N) is 2. The summed E-state index contributed by atoms with van der Waals surface area (Å²) in [4.78, 5) is 18.3. The van der Waals surface area contributed by atoms with Crippen LogP contribution in [0.2, 0.25) is 0 Å². The smallest absolute Gasteiger partial charge is 0.353 e. The maximum absolute atomic E-state index is 11.0. The summed E-state index contributed by atoms with van der Waals surface area (Å²) in [7, 11) is 1.61. The van der Waals surface area contributed by atoms with E-state index in [0.717, 1.165) is 6.42 Å². The zero-order valence-electron chi connectivity index (χ0n) is 10.5. The minimum atomic E-state index is -0.489. The van der Waals surface area contributed by atoms with Crippen molar-refractivity contribution in [3.63, 3.8) is 0 Å². The first kappa shape index (κ1) is 14.1. The molecule has 0 saturated carbocycles.